The van der Waals surface area contributed by atoms with Crippen molar-refractivity contribution in [1.29, 1.82) is 0 Å². The number of halogens is 1. The van der Waals surface area contributed by atoms with Gasteiger partial charge in [0.25, 0.3) is 5.89 Å². The first-order valence-corrected chi connectivity index (χ1v) is 5.85. The third-order valence-corrected chi connectivity index (χ3v) is 3.08. The maximum absolute atomic E-state index is 12.8. The van der Waals surface area contributed by atoms with Crippen LogP contribution < -0.4 is 5.73 Å². The Labute approximate surface area is 105 Å². The maximum atomic E-state index is 12.8. The van der Waals surface area contributed by atoms with Gasteiger partial charge in [-0.3, -0.25) is 0 Å². The highest BCUT2D eigenvalue weighted by molar-refractivity contribution is 7.18. The predicted molar refractivity (Wildman–Crippen MR) is 65.2 cm³/mol. The van der Waals surface area contributed by atoms with Crippen LogP contribution in [0, 0.1) is 5.82 Å². The Morgan fingerprint density at radius 2 is 2.00 bits per heavy atom. The number of nitrogen functional groups attached to an aromatic ring is 1. The van der Waals surface area contributed by atoms with Crippen LogP contribution in [0.25, 0.3) is 22.2 Å². The highest BCUT2D eigenvalue weighted by atomic mass is 32.1. The van der Waals surface area contributed by atoms with Crippen molar-refractivity contribution < 1.29 is 8.91 Å². The van der Waals surface area contributed by atoms with Gasteiger partial charge in [-0.25, -0.2) is 9.37 Å². The van der Waals surface area contributed by atoms with Crippen molar-refractivity contribution in [3.05, 3.63) is 36.3 Å². The molecule has 0 saturated carbocycles. The largest absolute Gasteiger partial charge is 0.375 e. The third-order valence-electron chi connectivity index (χ3n) is 2.26. The first-order valence-electron chi connectivity index (χ1n) is 5.04. The molecule has 3 rings (SSSR count). The molecule has 0 bridgehead atoms. The quantitative estimate of drug-likeness (QED) is 0.768. The van der Waals surface area contributed by atoms with Gasteiger partial charge in [0.05, 0.1) is 6.20 Å². The number of benzene rings is 1. The molecule has 5 nitrogen and oxygen atoms in total. The van der Waals surface area contributed by atoms with Crippen LogP contribution in [0.5, 0.6) is 0 Å². The summed E-state index contributed by atoms with van der Waals surface area (Å²) in [7, 11) is 0. The van der Waals surface area contributed by atoms with Gasteiger partial charge in [-0.2, -0.15) is 4.98 Å². The van der Waals surface area contributed by atoms with Crippen molar-refractivity contribution in [3.8, 4) is 22.2 Å². The summed E-state index contributed by atoms with van der Waals surface area (Å²) in [5.74, 6) is 0.443. The molecule has 0 fully saturated rings. The number of hydrogen-bond donors (Lipinski definition) is 1. The molecule has 0 aliphatic carbocycles. The zero-order valence-electron chi connectivity index (χ0n) is 9.00. The SMILES string of the molecule is Nc1ncc(-c2nc(-c3ccc(F)cc3)no2)s1. The fourth-order valence-corrected chi connectivity index (χ4v) is 2.03. The number of hydrogen-bond acceptors (Lipinski definition) is 6. The van der Waals surface area contributed by atoms with E-state index in [-0.39, 0.29) is 5.82 Å². The van der Waals surface area contributed by atoms with E-state index in [4.69, 9.17) is 10.3 Å². The number of anilines is 1. The van der Waals surface area contributed by atoms with E-state index in [1.165, 1.54) is 23.5 Å². The zero-order valence-corrected chi connectivity index (χ0v) is 9.82. The van der Waals surface area contributed by atoms with Crippen LogP contribution in [0.3, 0.4) is 0 Å². The lowest BCUT2D eigenvalue weighted by Gasteiger charge is -1.92. The molecule has 90 valence electrons. The molecule has 1 aromatic carbocycles. The van der Waals surface area contributed by atoms with E-state index in [9.17, 15) is 4.39 Å². The summed E-state index contributed by atoms with van der Waals surface area (Å²) in [6.45, 7) is 0. The molecule has 2 heterocycles. The minimum atomic E-state index is -0.308. The summed E-state index contributed by atoms with van der Waals surface area (Å²) < 4.78 is 17.9. The van der Waals surface area contributed by atoms with Crippen LogP contribution in [0.15, 0.2) is 35.0 Å². The Morgan fingerprint density at radius 1 is 1.22 bits per heavy atom. The van der Waals surface area contributed by atoms with Crippen LogP contribution in [0.2, 0.25) is 0 Å². The van der Waals surface area contributed by atoms with Gasteiger partial charge in [0, 0.05) is 5.56 Å². The number of thiazole rings is 1. The van der Waals surface area contributed by atoms with Crippen LogP contribution in [0.1, 0.15) is 0 Å². The van der Waals surface area contributed by atoms with Crippen molar-refractivity contribution in [3.63, 3.8) is 0 Å². The van der Waals surface area contributed by atoms with E-state index in [1.54, 1.807) is 18.3 Å². The van der Waals surface area contributed by atoms with Crippen molar-refractivity contribution in [2.45, 2.75) is 0 Å². The van der Waals surface area contributed by atoms with E-state index in [2.05, 4.69) is 15.1 Å². The molecule has 7 heteroatoms. The molecule has 0 aliphatic rings. The molecule has 0 aliphatic heterocycles. The maximum Gasteiger partial charge on any atom is 0.270 e. The highest BCUT2D eigenvalue weighted by Gasteiger charge is 2.12. The molecule has 0 atom stereocenters. The Hall–Kier alpha value is -2.28. The smallest absolute Gasteiger partial charge is 0.270 e. The van der Waals surface area contributed by atoms with E-state index >= 15 is 0 Å². The monoisotopic (exact) mass is 262 g/mol. The standard InChI is InChI=1S/C11H7FN4OS/c12-7-3-1-6(2-4-7)9-15-10(17-16-9)8-5-14-11(13)18-8/h1-5H,(H2,13,14). The minimum Gasteiger partial charge on any atom is -0.375 e. The second-order valence-corrected chi connectivity index (χ2v) is 4.56. The number of nitrogens with zero attached hydrogens (tertiary/aromatic N) is 3. The van der Waals surface area contributed by atoms with Gasteiger partial charge in [-0.1, -0.05) is 16.5 Å². The number of nitrogens with two attached hydrogens (primary N) is 1. The topological polar surface area (TPSA) is 77.8 Å². The van der Waals surface area contributed by atoms with Crippen LogP contribution in [-0.2, 0) is 0 Å². The molecule has 0 unspecified atom stereocenters. The van der Waals surface area contributed by atoms with E-state index < -0.39 is 0 Å². The molecule has 3 aromatic rings. The fourth-order valence-electron chi connectivity index (χ4n) is 1.43. The lowest BCUT2D eigenvalue weighted by Crippen LogP contribution is -1.81. The number of rotatable bonds is 2. The molecular formula is C11H7FN4OS. The van der Waals surface area contributed by atoms with Gasteiger partial charge < -0.3 is 10.3 Å². The van der Waals surface area contributed by atoms with Crippen LogP contribution in [-0.4, -0.2) is 15.1 Å². The first kappa shape index (κ1) is 10.8. The number of aromatic nitrogens is 3. The predicted octanol–water partition coefficient (Wildman–Crippen LogP) is 2.58. The van der Waals surface area contributed by atoms with Gasteiger partial charge >= 0.3 is 0 Å². The normalized spacial score (nSPS) is 10.7. The second-order valence-electron chi connectivity index (χ2n) is 3.49. The summed E-state index contributed by atoms with van der Waals surface area (Å²) in [6.07, 6.45) is 1.57. The lowest BCUT2D eigenvalue weighted by atomic mass is 10.2. The van der Waals surface area contributed by atoms with Crippen molar-refractivity contribution in [1.82, 2.24) is 15.1 Å². The molecule has 2 aromatic heterocycles. The average Bonchev–Trinajstić information content (AvgIpc) is 2.98. The van der Waals surface area contributed by atoms with Gasteiger partial charge in [0.15, 0.2) is 5.13 Å². The van der Waals surface area contributed by atoms with Crippen LogP contribution in [0.4, 0.5) is 9.52 Å². The summed E-state index contributed by atoms with van der Waals surface area (Å²) in [5, 5.41) is 4.27. The third kappa shape index (κ3) is 1.95. The van der Waals surface area contributed by atoms with Gasteiger partial charge in [-0.05, 0) is 24.3 Å². The summed E-state index contributed by atoms with van der Waals surface area (Å²) >= 11 is 1.26. The molecule has 0 saturated heterocycles. The van der Waals surface area contributed by atoms with E-state index in [1.807, 2.05) is 0 Å². The van der Waals surface area contributed by atoms with Gasteiger partial charge in [0.1, 0.15) is 10.7 Å². The summed E-state index contributed by atoms with van der Waals surface area (Å²) in [5.41, 5.74) is 6.21. The van der Waals surface area contributed by atoms with Crippen LogP contribution >= 0.6 is 11.3 Å². The Kier molecular flexibility index (Phi) is 2.52. The Morgan fingerprint density at radius 3 is 2.67 bits per heavy atom. The van der Waals surface area contributed by atoms with Crippen molar-refractivity contribution >= 4 is 16.5 Å². The second kappa shape index (κ2) is 4.19. The van der Waals surface area contributed by atoms with E-state index in [0.29, 0.717) is 27.3 Å². The van der Waals surface area contributed by atoms with Crippen molar-refractivity contribution in [2.75, 3.05) is 5.73 Å². The first-order chi connectivity index (χ1) is 8.72. The van der Waals surface area contributed by atoms with Gasteiger partial charge in [0.2, 0.25) is 5.82 Å². The van der Waals surface area contributed by atoms with Gasteiger partial charge in [-0.15, -0.1) is 0 Å². The zero-order chi connectivity index (χ0) is 12.5. The molecule has 18 heavy (non-hydrogen) atoms. The summed E-state index contributed by atoms with van der Waals surface area (Å²) in [6, 6.07) is 5.86. The molecule has 0 amide bonds. The van der Waals surface area contributed by atoms with Crippen molar-refractivity contribution in [2.24, 2.45) is 0 Å². The molecule has 2 N–H and O–H groups in total. The van der Waals surface area contributed by atoms with E-state index in [0.717, 1.165) is 0 Å². The molecule has 0 spiro atoms. The summed E-state index contributed by atoms with van der Waals surface area (Å²) in [4.78, 5) is 8.82. The Bertz CT molecular complexity index is 676. The lowest BCUT2D eigenvalue weighted by molar-refractivity contribution is 0.433. The Balaban J connectivity index is 1.96. The highest BCUT2D eigenvalue weighted by Crippen LogP contribution is 2.27. The fraction of sp³-hybridized carbons (Fsp3) is 0. The molecular weight excluding hydrogens is 255 g/mol. The molecule has 0 radical (unpaired) electrons. The average molecular weight is 262 g/mol. The minimum absolute atomic E-state index is 0.308.